The molecule has 2 rings (SSSR count). The van der Waals surface area contributed by atoms with Crippen LogP contribution in [-0.2, 0) is 6.18 Å². The van der Waals surface area contributed by atoms with E-state index < -0.39 is 23.9 Å². The smallest absolute Gasteiger partial charge is 0.416 e. The van der Waals surface area contributed by atoms with E-state index in [9.17, 15) is 23.1 Å². The number of rotatable bonds is 3. The molecule has 8 heteroatoms. The molecular weight excluding hydrogens is 325 g/mol. The molecule has 0 spiro atoms. The monoisotopic (exact) mass is 346 g/mol. The Morgan fingerprint density at radius 2 is 2.17 bits per heavy atom. The van der Waals surface area contributed by atoms with E-state index in [0.29, 0.717) is 13.0 Å². The Balaban J connectivity index is 2.18. The fourth-order valence-electron chi connectivity index (χ4n) is 2.51. The van der Waals surface area contributed by atoms with Gasteiger partial charge in [0.05, 0.1) is 24.0 Å². The van der Waals surface area contributed by atoms with Crippen molar-refractivity contribution in [2.24, 2.45) is 5.92 Å². The Hall–Kier alpha value is -1.96. The van der Waals surface area contributed by atoms with Crippen LogP contribution in [0.1, 0.15) is 25.8 Å². The van der Waals surface area contributed by atoms with E-state index in [4.69, 9.17) is 4.74 Å². The highest BCUT2D eigenvalue weighted by atomic mass is 19.4. The van der Waals surface area contributed by atoms with Crippen molar-refractivity contribution in [2.45, 2.75) is 32.5 Å². The number of benzene rings is 1. The van der Waals surface area contributed by atoms with Crippen LogP contribution in [0.5, 0.6) is 5.75 Å². The standard InChI is InChI=1S/C16H21F3N2O3/c1-3-24-14-5-4-11(16(17,18)19)8-12(14)20-15(23)21-7-6-10(2)13(22)9-21/h4-5,8,10,13,22H,3,6-7,9H2,1-2H3,(H,20,23). The van der Waals surface area contributed by atoms with Gasteiger partial charge in [-0.1, -0.05) is 6.92 Å². The third-order valence-electron chi connectivity index (χ3n) is 4.05. The number of hydrogen-bond donors (Lipinski definition) is 2. The van der Waals surface area contributed by atoms with Crippen molar-refractivity contribution in [1.29, 1.82) is 0 Å². The number of β-amino-alcohol motifs (C(OH)–C–C–N with tert-alkyl or cyclic N) is 1. The summed E-state index contributed by atoms with van der Waals surface area (Å²) >= 11 is 0. The van der Waals surface area contributed by atoms with Crippen LogP contribution < -0.4 is 10.1 Å². The maximum Gasteiger partial charge on any atom is 0.416 e. The lowest BCUT2D eigenvalue weighted by Crippen LogP contribution is -2.47. The zero-order valence-corrected chi connectivity index (χ0v) is 13.6. The molecule has 1 heterocycles. The number of amides is 2. The third kappa shape index (κ3) is 4.31. The minimum atomic E-state index is -4.51. The second-order valence-corrected chi connectivity index (χ2v) is 5.85. The highest BCUT2D eigenvalue weighted by Gasteiger charge is 2.32. The summed E-state index contributed by atoms with van der Waals surface area (Å²) < 4.78 is 43.9. The lowest BCUT2D eigenvalue weighted by atomic mass is 9.96. The number of halogens is 3. The van der Waals surface area contributed by atoms with Crippen LogP contribution in [-0.4, -0.2) is 41.8 Å². The van der Waals surface area contributed by atoms with Crippen LogP contribution in [0.15, 0.2) is 18.2 Å². The Morgan fingerprint density at radius 1 is 1.46 bits per heavy atom. The molecule has 1 saturated heterocycles. The highest BCUT2D eigenvalue weighted by Crippen LogP contribution is 2.35. The van der Waals surface area contributed by atoms with E-state index in [-0.39, 0.29) is 30.5 Å². The molecular formula is C16H21F3N2O3. The Bertz CT molecular complexity index is 592. The van der Waals surface area contributed by atoms with Crippen molar-refractivity contribution in [3.63, 3.8) is 0 Å². The second kappa shape index (κ2) is 7.29. The van der Waals surface area contributed by atoms with E-state index in [1.54, 1.807) is 6.92 Å². The largest absolute Gasteiger partial charge is 0.492 e. The van der Waals surface area contributed by atoms with Gasteiger partial charge >= 0.3 is 12.2 Å². The van der Waals surface area contributed by atoms with Crippen molar-refractivity contribution < 1.29 is 27.8 Å². The maximum absolute atomic E-state index is 12.9. The summed E-state index contributed by atoms with van der Waals surface area (Å²) in [6.45, 7) is 4.43. The molecule has 1 fully saturated rings. The second-order valence-electron chi connectivity index (χ2n) is 5.85. The Kier molecular flexibility index (Phi) is 5.58. The van der Waals surface area contributed by atoms with E-state index in [1.165, 1.54) is 11.0 Å². The highest BCUT2D eigenvalue weighted by molar-refractivity contribution is 5.91. The summed E-state index contributed by atoms with van der Waals surface area (Å²) in [5.74, 6) is 0.256. The third-order valence-corrected chi connectivity index (χ3v) is 4.05. The SMILES string of the molecule is CCOc1ccc(C(F)(F)F)cc1NC(=O)N1CCC(C)C(O)C1. The van der Waals surface area contributed by atoms with Crippen LogP contribution in [0.3, 0.4) is 0 Å². The zero-order chi connectivity index (χ0) is 17.9. The van der Waals surface area contributed by atoms with Crippen molar-refractivity contribution in [3.05, 3.63) is 23.8 Å². The average Bonchev–Trinajstić information content (AvgIpc) is 2.50. The van der Waals surface area contributed by atoms with Crippen molar-refractivity contribution >= 4 is 11.7 Å². The number of anilines is 1. The number of aliphatic hydroxyl groups excluding tert-OH is 1. The first-order valence-corrected chi connectivity index (χ1v) is 7.80. The molecule has 2 amide bonds. The molecule has 24 heavy (non-hydrogen) atoms. The van der Waals surface area contributed by atoms with Gasteiger partial charge in [-0.15, -0.1) is 0 Å². The lowest BCUT2D eigenvalue weighted by Gasteiger charge is -2.34. The summed E-state index contributed by atoms with van der Waals surface area (Å²) in [6.07, 6.45) is -4.52. The Labute approximate surface area is 138 Å². The number of alkyl halides is 3. The first kappa shape index (κ1) is 18.4. The number of nitrogens with zero attached hydrogens (tertiary/aromatic N) is 1. The number of aliphatic hydroxyl groups is 1. The predicted octanol–water partition coefficient (Wildman–Crippen LogP) is 3.34. The van der Waals surface area contributed by atoms with Crippen LogP contribution >= 0.6 is 0 Å². The van der Waals surface area contributed by atoms with Crippen LogP contribution in [0.25, 0.3) is 0 Å². The molecule has 2 N–H and O–H groups in total. The van der Waals surface area contributed by atoms with E-state index in [0.717, 1.165) is 12.1 Å². The van der Waals surface area contributed by atoms with Crippen LogP contribution in [0.4, 0.5) is 23.7 Å². The van der Waals surface area contributed by atoms with Gasteiger partial charge in [-0.3, -0.25) is 0 Å². The molecule has 1 aromatic rings. The van der Waals surface area contributed by atoms with Gasteiger partial charge in [0.25, 0.3) is 0 Å². The molecule has 0 radical (unpaired) electrons. The summed E-state index contributed by atoms with van der Waals surface area (Å²) in [7, 11) is 0. The first-order valence-electron chi connectivity index (χ1n) is 7.80. The van der Waals surface area contributed by atoms with Crippen molar-refractivity contribution in [1.82, 2.24) is 4.90 Å². The topological polar surface area (TPSA) is 61.8 Å². The maximum atomic E-state index is 12.9. The molecule has 2 unspecified atom stereocenters. The van der Waals surface area contributed by atoms with Crippen molar-refractivity contribution in [3.8, 4) is 5.75 Å². The zero-order valence-electron chi connectivity index (χ0n) is 13.6. The molecule has 134 valence electrons. The van der Waals surface area contributed by atoms with Gasteiger partial charge in [-0.25, -0.2) is 4.79 Å². The van der Waals surface area contributed by atoms with Gasteiger partial charge in [0.1, 0.15) is 5.75 Å². The van der Waals surface area contributed by atoms with Gasteiger partial charge in [-0.05, 0) is 37.5 Å². The van der Waals surface area contributed by atoms with Gasteiger partial charge < -0.3 is 20.1 Å². The number of carbonyl (C=O) groups excluding carboxylic acids is 1. The molecule has 1 aromatic carbocycles. The molecule has 0 bridgehead atoms. The van der Waals surface area contributed by atoms with E-state index >= 15 is 0 Å². The number of urea groups is 1. The van der Waals surface area contributed by atoms with Crippen LogP contribution in [0.2, 0.25) is 0 Å². The van der Waals surface area contributed by atoms with Crippen LogP contribution in [0, 0.1) is 5.92 Å². The number of ether oxygens (including phenoxy) is 1. The fourth-order valence-corrected chi connectivity index (χ4v) is 2.51. The van der Waals surface area contributed by atoms with Crippen molar-refractivity contribution in [2.75, 3.05) is 25.0 Å². The van der Waals surface area contributed by atoms with Gasteiger partial charge in [0, 0.05) is 13.1 Å². The van der Waals surface area contributed by atoms with E-state index in [1.807, 2.05) is 6.92 Å². The molecule has 0 aliphatic carbocycles. The summed E-state index contributed by atoms with van der Waals surface area (Å²) in [6, 6.07) is 2.40. The van der Waals surface area contributed by atoms with Gasteiger partial charge in [0.2, 0.25) is 0 Å². The number of likely N-dealkylation sites (tertiary alicyclic amines) is 1. The predicted molar refractivity (Wildman–Crippen MR) is 83.0 cm³/mol. The molecule has 1 aliphatic rings. The summed E-state index contributed by atoms with van der Waals surface area (Å²) in [5, 5.41) is 12.3. The number of piperidine rings is 1. The molecule has 0 aromatic heterocycles. The molecule has 5 nitrogen and oxygen atoms in total. The van der Waals surface area contributed by atoms with E-state index in [2.05, 4.69) is 5.32 Å². The number of hydrogen-bond acceptors (Lipinski definition) is 3. The summed E-state index contributed by atoms with van der Waals surface area (Å²) in [4.78, 5) is 13.7. The molecule has 0 saturated carbocycles. The number of carbonyl (C=O) groups is 1. The minimum absolute atomic E-state index is 0.0372. The molecule has 2 atom stereocenters. The first-order chi connectivity index (χ1) is 11.2. The quantitative estimate of drug-likeness (QED) is 0.882. The average molecular weight is 346 g/mol. The fraction of sp³-hybridized carbons (Fsp3) is 0.562. The summed E-state index contributed by atoms with van der Waals surface area (Å²) in [5.41, 5.74) is -0.904. The minimum Gasteiger partial charge on any atom is -0.492 e. The van der Waals surface area contributed by atoms with Gasteiger partial charge in [0.15, 0.2) is 0 Å². The Morgan fingerprint density at radius 3 is 2.75 bits per heavy atom. The molecule has 1 aliphatic heterocycles. The number of nitrogens with one attached hydrogen (secondary N) is 1. The normalized spacial score (nSPS) is 21.5. The van der Waals surface area contributed by atoms with Gasteiger partial charge in [-0.2, -0.15) is 13.2 Å². The lowest BCUT2D eigenvalue weighted by molar-refractivity contribution is -0.137.